The second-order valence-electron chi connectivity index (χ2n) is 6.75. The molecule has 0 aromatic heterocycles. The summed E-state index contributed by atoms with van der Waals surface area (Å²) in [7, 11) is 2.27. The Kier molecular flexibility index (Phi) is 5.22. The fourth-order valence-corrected chi connectivity index (χ4v) is 3.87. The predicted molar refractivity (Wildman–Crippen MR) is 86.7 cm³/mol. The molecule has 1 aromatic rings. The molecule has 0 spiro atoms. The lowest BCUT2D eigenvalue weighted by atomic mass is 9.69. The van der Waals surface area contributed by atoms with E-state index < -0.39 is 0 Å². The van der Waals surface area contributed by atoms with E-state index in [0.29, 0.717) is 5.92 Å². The van der Waals surface area contributed by atoms with Crippen molar-refractivity contribution in [1.82, 2.24) is 4.90 Å². The van der Waals surface area contributed by atoms with E-state index in [9.17, 15) is 0 Å². The summed E-state index contributed by atoms with van der Waals surface area (Å²) in [4.78, 5) is 2.54. The van der Waals surface area contributed by atoms with Crippen molar-refractivity contribution in [3.63, 3.8) is 0 Å². The highest BCUT2D eigenvalue weighted by molar-refractivity contribution is 5.15. The zero-order chi connectivity index (χ0) is 14.6. The summed E-state index contributed by atoms with van der Waals surface area (Å²) in [5.41, 5.74) is 7.83. The second kappa shape index (κ2) is 6.73. The van der Waals surface area contributed by atoms with Gasteiger partial charge in [-0.2, -0.15) is 0 Å². The standard InChI is InChI=1S/C18H30N2/c1-15-9-11-18(14-19,16(2)13-15)20(3)12-10-17-7-5-4-6-8-17/h4-8,15-16H,9-14,19H2,1-3H3. The number of hydrogen-bond donors (Lipinski definition) is 1. The van der Waals surface area contributed by atoms with Crippen LogP contribution in [0.1, 0.15) is 38.7 Å². The fraction of sp³-hybridized carbons (Fsp3) is 0.667. The van der Waals surface area contributed by atoms with Crippen LogP contribution in [0, 0.1) is 11.8 Å². The monoisotopic (exact) mass is 274 g/mol. The number of benzene rings is 1. The van der Waals surface area contributed by atoms with Crippen LogP contribution < -0.4 is 5.73 Å². The van der Waals surface area contributed by atoms with Gasteiger partial charge in [0.15, 0.2) is 0 Å². The first-order chi connectivity index (χ1) is 9.58. The summed E-state index contributed by atoms with van der Waals surface area (Å²) in [5, 5.41) is 0. The highest BCUT2D eigenvalue weighted by Gasteiger charge is 2.41. The van der Waals surface area contributed by atoms with Gasteiger partial charge in [0.05, 0.1) is 0 Å². The molecule has 0 aliphatic heterocycles. The number of likely N-dealkylation sites (N-methyl/N-ethyl adjacent to an activating group) is 1. The Balaban J connectivity index is 2.00. The van der Waals surface area contributed by atoms with Crippen molar-refractivity contribution in [3.05, 3.63) is 35.9 Å². The number of hydrogen-bond acceptors (Lipinski definition) is 2. The van der Waals surface area contributed by atoms with Crippen molar-refractivity contribution < 1.29 is 0 Å². The van der Waals surface area contributed by atoms with Crippen LogP contribution in [0.15, 0.2) is 30.3 Å². The van der Waals surface area contributed by atoms with Crippen LogP contribution in [0.4, 0.5) is 0 Å². The Morgan fingerprint density at radius 1 is 1.25 bits per heavy atom. The molecule has 2 rings (SSSR count). The molecule has 1 aliphatic carbocycles. The zero-order valence-electron chi connectivity index (χ0n) is 13.3. The number of rotatable bonds is 5. The van der Waals surface area contributed by atoms with Crippen molar-refractivity contribution in [2.24, 2.45) is 17.6 Å². The maximum absolute atomic E-state index is 6.20. The van der Waals surface area contributed by atoms with Crippen LogP contribution in [0.2, 0.25) is 0 Å². The molecule has 2 N–H and O–H groups in total. The van der Waals surface area contributed by atoms with Crippen LogP contribution in [-0.4, -0.2) is 30.6 Å². The Labute approximate surface area is 124 Å². The van der Waals surface area contributed by atoms with Gasteiger partial charge in [0.25, 0.3) is 0 Å². The summed E-state index contributed by atoms with van der Waals surface area (Å²) >= 11 is 0. The topological polar surface area (TPSA) is 29.3 Å². The van der Waals surface area contributed by atoms with Crippen LogP contribution >= 0.6 is 0 Å². The van der Waals surface area contributed by atoms with Gasteiger partial charge < -0.3 is 5.73 Å². The zero-order valence-corrected chi connectivity index (χ0v) is 13.3. The second-order valence-corrected chi connectivity index (χ2v) is 6.75. The SMILES string of the molecule is CC1CCC(CN)(N(C)CCc2ccccc2)C(C)C1. The molecule has 0 heterocycles. The average Bonchev–Trinajstić information content (AvgIpc) is 2.46. The van der Waals surface area contributed by atoms with Gasteiger partial charge >= 0.3 is 0 Å². The van der Waals surface area contributed by atoms with Crippen LogP contribution in [0.25, 0.3) is 0 Å². The van der Waals surface area contributed by atoms with Crippen molar-refractivity contribution in [1.29, 1.82) is 0 Å². The summed E-state index contributed by atoms with van der Waals surface area (Å²) in [6.45, 7) is 6.65. The molecule has 1 aromatic carbocycles. The van der Waals surface area contributed by atoms with Gasteiger partial charge in [-0.1, -0.05) is 44.2 Å². The average molecular weight is 274 g/mol. The van der Waals surface area contributed by atoms with Crippen molar-refractivity contribution in [2.45, 2.75) is 45.1 Å². The summed E-state index contributed by atoms with van der Waals surface area (Å²) in [6, 6.07) is 10.8. The number of nitrogens with two attached hydrogens (primary N) is 1. The van der Waals surface area contributed by atoms with E-state index in [-0.39, 0.29) is 5.54 Å². The maximum Gasteiger partial charge on any atom is 0.0354 e. The first kappa shape index (κ1) is 15.5. The predicted octanol–water partition coefficient (Wildman–Crippen LogP) is 3.31. The van der Waals surface area contributed by atoms with Gasteiger partial charge in [-0.15, -0.1) is 0 Å². The molecule has 0 amide bonds. The van der Waals surface area contributed by atoms with E-state index in [2.05, 4.69) is 56.1 Å². The van der Waals surface area contributed by atoms with E-state index in [1.54, 1.807) is 0 Å². The fourth-order valence-electron chi connectivity index (χ4n) is 3.87. The molecule has 20 heavy (non-hydrogen) atoms. The summed E-state index contributed by atoms with van der Waals surface area (Å²) < 4.78 is 0. The van der Waals surface area contributed by atoms with Crippen LogP contribution in [-0.2, 0) is 6.42 Å². The Morgan fingerprint density at radius 2 is 1.95 bits per heavy atom. The van der Waals surface area contributed by atoms with E-state index in [0.717, 1.165) is 25.4 Å². The highest BCUT2D eigenvalue weighted by atomic mass is 15.2. The molecule has 1 aliphatic rings. The molecule has 0 bridgehead atoms. The van der Waals surface area contributed by atoms with E-state index in [1.165, 1.54) is 24.8 Å². The third kappa shape index (κ3) is 3.24. The van der Waals surface area contributed by atoms with Gasteiger partial charge in [0, 0.05) is 18.6 Å². The summed E-state index contributed by atoms with van der Waals surface area (Å²) in [5.74, 6) is 1.55. The van der Waals surface area contributed by atoms with Crippen molar-refractivity contribution in [3.8, 4) is 0 Å². The molecule has 3 unspecified atom stereocenters. The normalized spacial score (nSPS) is 30.6. The Bertz CT molecular complexity index is 403. The quantitative estimate of drug-likeness (QED) is 0.892. The number of nitrogens with zero attached hydrogens (tertiary/aromatic N) is 1. The third-order valence-electron chi connectivity index (χ3n) is 5.44. The molecule has 2 nitrogen and oxygen atoms in total. The lowest BCUT2D eigenvalue weighted by Gasteiger charge is -2.50. The molecule has 2 heteroatoms. The smallest absolute Gasteiger partial charge is 0.0354 e. The molecule has 1 saturated carbocycles. The minimum absolute atomic E-state index is 0.210. The molecule has 0 saturated heterocycles. The highest BCUT2D eigenvalue weighted by Crippen LogP contribution is 2.39. The molecule has 1 fully saturated rings. The molecular formula is C18H30N2. The molecule has 3 atom stereocenters. The largest absolute Gasteiger partial charge is 0.329 e. The van der Waals surface area contributed by atoms with Crippen LogP contribution in [0.3, 0.4) is 0 Å². The van der Waals surface area contributed by atoms with E-state index >= 15 is 0 Å². The molecule has 0 radical (unpaired) electrons. The first-order valence-electron chi connectivity index (χ1n) is 8.03. The van der Waals surface area contributed by atoms with Gasteiger partial charge in [0.2, 0.25) is 0 Å². The van der Waals surface area contributed by atoms with Crippen molar-refractivity contribution in [2.75, 3.05) is 20.1 Å². The lowest BCUT2D eigenvalue weighted by Crippen LogP contribution is -2.59. The first-order valence-corrected chi connectivity index (χ1v) is 8.03. The minimum Gasteiger partial charge on any atom is -0.329 e. The van der Waals surface area contributed by atoms with Gasteiger partial charge in [0.1, 0.15) is 0 Å². The van der Waals surface area contributed by atoms with Crippen LogP contribution in [0.5, 0.6) is 0 Å². The summed E-state index contributed by atoms with van der Waals surface area (Å²) in [6.07, 6.45) is 4.99. The Hall–Kier alpha value is -0.860. The Morgan fingerprint density at radius 3 is 2.55 bits per heavy atom. The minimum atomic E-state index is 0.210. The molecular weight excluding hydrogens is 244 g/mol. The maximum atomic E-state index is 6.20. The van der Waals surface area contributed by atoms with Crippen molar-refractivity contribution >= 4 is 0 Å². The lowest BCUT2D eigenvalue weighted by molar-refractivity contribution is 0.0190. The van der Waals surface area contributed by atoms with Gasteiger partial charge in [-0.05, 0) is 50.1 Å². The third-order valence-corrected chi connectivity index (χ3v) is 5.44. The molecule has 112 valence electrons. The van der Waals surface area contributed by atoms with E-state index in [4.69, 9.17) is 5.73 Å². The van der Waals surface area contributed by atoms with E-state index in [1.807, 2.05) is 0 Å². The van der Waals surface area contributed by atoms with Gasteiger partial charge in [-0.3, -0.25) is 4.90 Å². The van der Waals surface area contributed by atoms with Gasteiger partial charge in [-0.25, -0.2) is 0 Å².